The molecule has 8 nitrogen and oxygen atoms in total. The Morgan fingerprint density at radius 2 is 2.00 bits per heavy atom. The van der Waals surface area contributed by atoms with E-state index in [1.807, 2.05) is 9.47 Å². The molecule has 148 valence electrons. The Morgan fingerprint density at radius 3 is 2.75 bits per heavy atom. The third-order valence-corrected chi connectivity index (χ3v) is 5.53. The van der Waals surface area contributed by atoms with Crippen molar-refractivity contribution in [2.75, 3.05) is 26.3 Å². The summed E-state index contributed by atoms with van der Waals surface area (Å²) >= 11 is 12.0. The minimum atomic E-state index is -0.340. The number of hydrogen-bond donors (Lipinski definition) is 1. The number of rotatable bonds is 4. The number of nitrogens with zero attached hydrogens (tertiary/aromatic N) is 4. The van der Waals surface area contributed by atoms with Gasteiger partial charge in [0.05, 0.1) is 30.3 Å². The van der Waals surface area contributed by atoms with Crippen LogP contribution in [0, 0.1) is 0 Å². The molecule has 0 saturated carbocycles. The summed E-state index contributed by atoms with van der Waals surface area (Å²) in [6.45, 7) is 2.44. The maximum atomic E-state index is 12.9. The number of aromatic nitrogens is 3. The van der Waals surface area contributed by atoms with Gasteiger partial charge in [-0.25, -0.2) is 0 Å². The molecule has 0 aliphatic carbocycles. The van der Waals surface area contributed by atoms with Crippen LogP contribution in [0.3, 0.4) is 0 Å². The van der Waals surface area contributed by atoms with E-state index in [4.69, 9.17) is 27.9 Å². The monoisotopic (exact) mass is 423 g/mol. The second kappa shape index (κ2) is 8.06. The summed E-state index contributed by atoms with van der Waals surface area (Å²) in [5, 5.41) is 11.9. The van der Waals surface area contributed by atoms with E-state index in [1.54, 1.807) is 12.1 Å². The molecule has 1 aromatic heterocycles. The molecule has 1 aromatic carbocycles. The molecule has 3 heterocycles. The van der Waals surface area contributed by atoms with Crippen molar-refractivity contribution >= 4 is 35.0 Å². The van der Waals surface area contributed by atoms with Crippen LogP contribution in [0.25, 0.3) is 0 Å². The average Bonchev–Trinajstić information content (AvgIpc) is 3.28. The largest absolute Gasteiger partial charge is 0.378 e. The number of hydrogen-bond acceptors (Lipinski definition) is 5. The van der Waals surface area contributed by atoms with Crippen LogP contribution >= 0.6 is 23.2 Å². The van der Waals surface area contributed by atoms with Crippen LogP contribution in [0.2, 0.25) is 10.0 Å². The van der Waals surface area contributed by atoms with Crippen molar-refractivity contribution in [1.29, 1.82) is 0 Å². The van der Waals surface area contributed by atoms with Crippen molar-refractivity contribution < 1.29 is 14.3 Å². The zero-order valence-electron chi connectivity index (χ0n) is 15.0. The number of carbonyl (C=O) groups is 2. The van der Waals surface area contributed by atoms with Gasteiger partial charge in [-0.2, -0.15) is 0 Å². The quantitative estimate of drug-likeness (QED) is 0.810. The van der Waals surface area contributed by atoms with Gasteiger partial charge in [-0.15, -0.1) is 10.2 Å². The molecular weight excluding hydrogens is 405 g/mol. The Labute approximate surface area is 171 Å². The molecule has 2 aromatic rings. The van der Waals surface area contributed by atoms with Gasteiger partial charge in [0.25, 0.3) is 5.91 Å². The minimum absolute atomic E-state index is 0.0511. The molecule has 10 heteroatoms. The number of aryl methyl sites for hydroxylation is 1. The molecule has 2 aliphatic heterocycles. The third-order valence-electron chi connectivity index (χ3n) is 4.98. The Morgan fingerprint density at radius 1 is 1.21 bits per heavy atom. The van der Waals surface area contributed by atoms with Crippen LogP contribution in [-0.4, -0.2) is 57.8 Å². The second-order valence-electron chi connectivity index (χ2n) is 6.70. The molecule has 1 N–H and O–H groups in total. The first-order chi connectivity index (χ1) is 13.5. The summed E-state index contributed by atoms with van der Waals surface area (Å²) in [5.74, 6) is 1.03. The number of carbonyl (C=O) groups excluding carboxylic acids is 2. The van der Waals surface area contributed by atoms with Gasteiger partial charge in [-0.3, -0.25) is 9.59 Å². The van der Waals surface area contributed by atoms with Gasteiger partial charge in [0.1, 0.15) is 11.9 Å². The topological polar surface area (TPSA) is 89.3 Å². The Balaban J connectivity index is 1.47. The smallest absolute Gasteiger partial charge is 0.253 e. The van der Waals surface area contributed by atoms with Gasteiger partial charge >= 0.3 is 0 Å². The van der Waals surface area contributed by atoms with Crippen molar-refractivity contribution in [3.05, 3.63) is 45.5 Å². The molecule has 0 spiro atoms. The van der Waals surface area contributed by atoms with Crippen molar-refractivity contribution in [3.63, 3.8) is 0 Å². The highest BCUT2D eigenvalue weighted by Gasteiger charge is 2.35. The van der Waals surface area contributed by atoms with Gasteiger partial charge in [0.15, 0.2) is 5.82 Å². The van der Waals surface area contributed by atoms with Crippen LogP contribution < -0.4 is 5.32 Å². The molecular formula is C18H19Cl2N5O3. The molecule has 0 radical (unpaired) electrons. The van der Waals surface area contributed by atoms with Gasteiger partial charge in [0, 0.05) is 24.5 Å². The highest BCUT2D eigenvalue weighted by Crippen LogP contribution is 2.28. The molecule has 2 amide bonds. The molecule has 2 aliphatic rings. The number of halogens is 2. The molecule has 1 unspecified atom stereocenters. The summed E-state index contributed by atoms with van der Waals surface area (Å²) in [5.41, 5.74) is 0.327. The van der Waals surface area contributed by atoms with Crippen LogP contribution in [0.5, 0.6) is 0 Å². The zero-order chi connectivity index (χ0) is 19.7. The van der Waals surface area contributed by atoms with E-state index in [0.29, 0.717) is 55.6 Å². The van der Waals surface area contributed by atoms with Crippen LogP contribution in [0.15, 0.2) is 18.2 Å². The SMILES string of the molecule is O=C(NCc1nnc2n1C(C(=O)N1CCOCC1)CC2)c1ccc(Cl)cc1Cl. The number of fused-ring (bicyclic) bond motifs is 1. The van der Waals surface area contributed by atoms with E-state index in [1.165, 1.54) is 6.07 Å². The fourth-order valence-electron chi connectivity index (χ4n) is 3.56. The van der Waals surface area contributed by atoms with E-state index in [-0.39, 0.29) is 29.4 Å². The lowest BCUT2D eigenvalue weighted by atomic mass is 10.1. The molecule has 1 saturated heterocycles. The van der Waals surface area contributed by atoms with E-state index in [2.05, 4.69) is 15.5 Å². The first-order valence-corrected chi connectivity index (χ1v) is 9.82. The number of amides is 2. The number of nitrogens with one attached hydrogen (secondary N) is 1. The second-order valence-corrected chi connectivity index (χ2v) is 7.55. The predicted octanol–water partition coefficient (Wildman–Crippen LogP) is 1.86. The minimum Gasteiger partial charge on any atom is -0.378 e. The first kappa shape index (κ1) is 19.2. The number of benzene rings is 1. The lowest BCUT2D eigenvalue weighted by molar-refractivity contribution is -0.138. The van der Waals surface area contributed by atoms with Crippen molar-refractivity contribution in [2.45, 2.75) is 25.4 Å². The summed E-state index contributed by atoms with van der Waals surface area (Å²) in [4.78, 5) is 27.2. The summed E-state index contributed by atoms with van der Waals surface area (Å²) in [6, 6.07) is 4.35. The first-order valence-electron chi connectivity index (χ1n) is 9.07. The molecule has 4 rings (SSSR count). The van der Waals surface area contributed by atoms with Crippen molar-refractivity contribution in [2.24, 2.45) is 0 Å². The average molecular weight is 424 g/mol. The maximum absolute atomic E-state index is 12.9. The van der Waals surface area contributed by atoms with E-state index in [0.717, 1.165) is 5.82 Å². The Bertz CT molecular complexity index is 911. The standard InChI is InChI=1S/C18H19Cl2N5O3/c19-11-1-2-12(13(20)9-11)17(26)21-10-16-23-22-15-4-3-14(25(15)16)18(27)24-5-7-28-8-6-24/h1-2,9,14H,3-8,10H2,(H,21,26). The van der Waals surface area contributed by atoms with E-state index in [9.17, 15) is 9.59 Å². The van der Waals surface area contributed by atoms with Gasteiger partial charge in [0.2, 0.25) is 5.91 Å². The van der Waals surface area contributed by atoms with Gasteiger partial charge in [-0.1, -0.05) is 23.2 Å². The molecule has 28 heavy (non-hydrogen) atoms. The highest BCUT2D eigenvalue weighted by molar-refractivity contribution is 6.36. The summed E-state index contributed by atoms with van der Waals surface area (Å²) in [7, 11) is 0. The predicted molar refractivity (Wildman–Crippen MR) is 102 cm³/mol. The molecule has 0 bridgehead atoms. The fourth-order valence-corrected chi connectivity index (χ4v) is 4.06. The highest BCUT2D eigenvalue weighted by atomic mass is 35.5. The van der Waals surface area contributed by atoms with E-state index >= 15 is 0 Å². The number of ether oxygens (including phenoxy) is 1. The lowest BCUT2D eigenvalue weighted by Crippen LogP contribution is -2.44. The van der Waals surface area contributed by atoms with Gasteiger partial charge in [-0.05, 0) is 24.6 Å². The van der Waals surface area contributed by atoms with Crippen LogP contribution in [-0.2, 0) is 22.5 Å². The third kappa shape index (κ3) is 3.72. The molecule has 1 fully saturated rings. The normalized spacial score (nSPS) is 18.8. The maximum Gasteiger partial charge on any atom is 0.253 e. The lowest BCUT2D eigenvalue weighted by Gasteiger charge is -2.29. The van der Waals surface area contributed by atoms with Crippen LogP contribution in [0.4, 0.5) is 0 Å². The van der Waals surface area contributed by atoms with Crippen molar-refractivity contribution in [1.82, 2.24) is 25.0 Å². The molecule has 1 atom stereocenters. The summed E-state index contributed by atoms with van der Waals surface area (Å²) < 4.78 is 7.17. The zero-order valence-corrected chi connectivity index (χ0v) is 16.5. The number of morpholine rings is 1. The van der Waals surface area contributed by atoms with Crippen molar-refractivity contribution in [3.8, 4) is 0 Å². The summed E-state index contributed by atoms with van der Waals surface area (Å²) in [6.07, 6.45) is 1.37. The fraction of sp³-hybridized carbons (Fsp3) is 0.444. The van der Waals surface area contributed by atoms with Gasteiger partial charge < -0.3 is 19.5 Å². The van der Waals surface area contributed by atoms with Crippen LogP contribution in [0.1, 0.15) is 34.5 Å². The van der Waals surface area contributed by atoms with E-state index < -0.39 is 0 Å². The Kier molecular flexibility index (Phi) is 5.52. The Hall–Kier alpha value is -2.16.